The van der Waals surface area contributed by atoms with Crippen molar-refractivity contribution in [1.29, 1.82) is 0 Å². The van der Waals surface area contributed by atoms with E-state index in [1.807, 2.05) is 28.8 Å². The van der Waals surface area contributed by atoms with Gasteiger partial charge in [-0.2, -0.15) is 0 Å². The van der Waals surface area contributed by atoms with E-state index < -0.39 is 0 Å². The van der Waals surface area contributed by atoms with Crippen molar-refractivity contribution in [2.45, 2.75) is 13.0 Å². The molecule has 8 heteroatoms. The van der Waals surface area contributed by atoms with E-state index in [9.17, 15) is 4.79 Å². The monoisotopic (exact) mass is 418 g/mol. The molecule has 0 spiro atoms. The minimum absolute atomic E-state index is 0.0148. The third-order valence-electron chi connectivity index (χ3n) is 6.04. The van der Waals surface area contributed by atoms with Gasteiger partial charge in [-0.25, -0.2) is 9.97 Å². The highest BCUT2D eigenvalue weighted by Gasteiger charge is 2.19. The fraction of sp³-hybridized carbons (Fsp3) is 0.348. The third kappa shape index (κ3) is 3.63. The van der Waals surface area contributed by atoms with Gasteiger partial charge in [0, 0.05) is 38.9 Å². The first-order valence-corrected chi connectivity index (χ1v) is 10.7. The van der Waals surface area contributed by atoms with Gasteiger partial charge in [-0.1, -0.05) is 12.1 Å². The normalized spacial score (nSPS) is 15.1. The molecule has 31 heavy (non-hydrogen) atoms. The number of nitrogens with zero attached hydrogens (tertiary/aromatic N) is 6. The van der Waals surface area contributed by atoms with E-state index in [0.717, 1.165) is 61.7 Å². The second kappa shape index (κ2) is 8.39. The molecule has 0 aliphatic carbocycles. The van der Waals surface area contributed by atoms with Crippen LogP contribution in [-0.2, 0) is 6.54 Å². The summed E-state index contributed by atoms with van der Waals surface area (Å²) in [6.45, 7) is 5.55. The molecule has 160 valence electrons. The molecule has 5 rings (SSSR count). The smallest absolute Gasteiger partial charge is 0.277 e. The molecule has 1 saturated heterocycles. The van der Waals surface area contributed by atoms with Gasteiger partial charge < -0.3 is 14.2 Å². The second-order valence-corrected chi connectivity index (χ2v) is 7.81. The van der Waals surface area contributed by atoms with Crippen LogP contribution in [0.4, 0.5) is 5.69 Å². The lowest BCUT2D eigenvalue weighted by Gasteiger charge is -2.36. The summed E-state index contributed by atoms with van der Waals surface area (Å²) in [4.78, 5) is 26.4. The molecule has 1 fully saturated rings. The molecule has 0 radical (unpaired) electrons. The maximum absolute atomic E-state index is 13.0. The van der Waals surface area contributed by atoms with Crippen LogP contribution in [-0.4, -0.2) is 63.7 Å². The van der Waals surface area contributed by atoms with Gasteiger partial charge in [0.1, 0.15) is 17.6 Å². The van der Waals surface area contributed by atoms with Crippen LogP contribution in [0.5, 0.6) is 5.75 Å². The van der Waals surface area contributed by atoms with Gasteiger partial charge in [-0.05, 0) is 37.2 Å². The predicted octanol–water partition coefficient (Wildman–Crippen LogP) is 2.27. The summed E-state index contributed by atoms with van der Waals surface area (Å²) in [6.07, 6.45) is 5.92. The van der Waals surface area contributed by atoms with E-state index in [4.69, 9.17) is 4.74 Å². The quantitative estimate of drug-likeness (QED) is 0.479. The van der Waals surface area contributed by atoms with Crippen LogP contribution in [0.2, 0.25) is 0 Å². The Labute approximate surface area is 180 Å². The van der Waals surface area contributed by atoms with Gasteiger partial charge in [0.05, 0.1) is 24.5 Å². The number of methoxy groups -OCH3 is 1. The van der Waals surface area contributed by atoms with Gasteiger partial charge in [-0.15, -0.1) is 0 Å². The van der Waals surface area contributed by atoms with E-state index in [2.05, 4.69) is 31.9 Å². The lowest BCUT2D eigenvalue weighted by molar-refractivity contribution is 0.250. The first-order valence-electron chi connectivity index (χ1n) is 10.7. The highest BCUT2D eigenvalue weighted by Crippen LogP contribution is 2.28. The molecule has 1 aromatic carbocycles. The fourth-order valence-electron chi connectivity index (χ4n) is 4.43. The molecular weight excluding hydrogens is 392 g/mol. The number of hydrogen-bond acceptors (Lipinski definition) is 6. The number of para-hydroxylation sites is 2. The number of pyridine rings is 1. The van der Waals surface area contributed by atoms with Crippen LogP contribution in [0.25, 0.3) is 16.7 Å². The van der Waals surface area contributed by atoms with Crippen LogP contribution in [0.1, 0.15) is 6.42 Å². The Morgan fingerprint density at radius 2 is 1.84 bits per heavy atom. The summed E-state index contributed by atoms with van der Waals surface area (Å²) < 4.78 is 9.12. The summed E-state index contributed by atoms with van der Waals surface area (Å²) in [5.74, 6) is 0.922. The zero-order valence-electron chi connectivity index (χ0n) is 17.6. The Morgan fingerprint density at radius 3 is 2.68 bits per heavy atom. The molecule has 1 aliphatic heterocycles. The second-order valence-electron chi connectivity index (χ2n) is 7.81. The van der Waals surface area contributed by atoms with E-state index in [1.54, 1.807) is 30.2 Å². The highest BCUT2D eigenvalue weighted by atomic mass is 16.5. The van der Waals surface area contributed by atoms with Crippen LogP contribution in [0.3, 0.4) is 0 Å². The number of rotatable bonds is 6. The van der Waals surface area contributed by atoms with Crippen molar-refractivity contribution in [2.24, 2.45) is 0 Å². The number of piperazine rings is 1. The van der Waals surface area contributed by atoms with Crippen LogP contribution >= 0.6 is 0 Å². The molecule has 0 atom stereocenters. The van der Waals surface area contributed by atoms with E-state index in [1.165, 1.54) is 0 Å². The number of aryl methyl sites for hydroxylation is 1. The average molecular weight is 419 g/mol. The van der Waals surface area contributed by atoms with Crippen molar-refractivity contribution in [2.75, 3.05) is 44.7 Å². The lowest BCUT2D eigenvalue weighted by Crippen LogP contribution is -2.47. The van der Waals surface area contributed by atoms with Gasteiger partial charge in [-0.3, -0.25) is 14.1 Å². The Kier molecular flexibility index (Phi) is 5.30. The number of benzene rings is 1. The summed E-state index contributed by atoms with van der Waals surface area (Å²) in [7, 11) is 1.72. The maximum Gasteiger partial charge on any atom is 0.277 e. The molecule has 0 amide bonds. The molecule has 3 aromatic heterocycles. The van der Waals surface area contributed by atoms with E-state index >= 15 is 0 Å². The first-order chi connectivity index (χ1) is 15.3. The standard InChI is InChI=1S/C23H26N6O2/c1-31-21-8-3-2-6-18(21)27-14-12-26(13-15-27)10-5-11-28-19-7-4-9-25-22(19)29-17-24-16-20(29)23(28)30/h2-4,6-9,16-17H,5,10-15H2,1H3. The van der Waals surface area contributed by atoms with Gasteiger partial charge >= 0.3 is 0 Å². The van der Waals surface area contributed by atoms with Crippen LogP contribution in [0, 0.1) is 0 Å². The topological polar surface area (TPSA) is 67.9 Å². The Bertz CT molecular complexity index is 1260. The average Bonchev–Trinajstić information content (AvgIpc) is 3.32. The Morgan fingerprint density at radius 1 is 1.00 bits per heavy atom. The zero-order valence-corrected chi connectivity index (χ0v) is 17.6. The minimum Gasteiger partial charge on any atom is -0.495 e. The summed E-state index contributed by atoms with van der Waals surface area (Å²) in [5, 5.41) is 0. The van der Waals surface area contributed by atoms with E-state index in [0.29, 0.717) is 12.1 Å². The number of anilines is 1. The van der Waals surface area contributed by atoms with Crippen molar-refractivity contribution < 1.29 is 4.74 Å². The fourth-order valence-corrected chi connectivity index (χ4v) is 4.43. The molecule has 1 aliphatic rings. The first kappa shape index (κ1) is 19.6. The molecule has 0 saturated carbocycles. The lowest BCUT2D eigenvalue weighted by atomic mass is 10.2. The minimum atomic E-state index is -0.0148. The summed E-state index contributed by atoms with van der Waals surface area (Å²) in [6, 6.07) is 12.0. The van der Waals surface area contributed by atoms with Crippen molar-refractivity contribution in [1.82, 2.24) is 23.8 Å². The predicted molar refractivity (Wildman–Crippen MR) is 121 cm³/mol. The van der Waals surface area contributed by atoms with Crippen molar-refractivity contribution >= 4 is 22.4 Å². The number of hydrogen-bond donors (Lipinski definition) is 0. The van der Waals surface area contributed by atoms with Gasteiger partial charge in [0.2, 0.25) is 0 Å². The van der Waals surface area contributed by atoms with Crippen LogP contribution < -0.4 is 15.2 Å². The van der Waals surface area contributed by atoms with Crippen molar-refractivity contribution in [3.05, 3.63) is 65.5 Å². The van der Waals surface area contributed by atoms with Crippen molar-refractivity contribution in [3.63, 3.8) is 0 Å². The third-order valence-corrected chi connectivity index (χ3v) is 6.04. The molecule has 8 nitrogen and oxygen atoms in total. The van der Waals surface area contributed by atoms with E-state index in [-0.39, 0.29) is 5.56 Å². The number of aromatic nitrogens is 4. The number of imidazole rings is 1. The van der Waals surface area contributed by atoms with Gasteiger partial charge in [0.25, 0.3) is 5.56 Å². The zero-order chi connectivity index (χ0) is 21.2. The summed E-state index contributed by atoms with van der Waals surface area (Å²) in [5.41, 5.74) is 3.32. The SMILES string of the molecule is COc1ccccc1N1CCN(CCCn2c(=O)c3cncn3c3ncccc32)CC1. The molecule has 0 bridgehead atoms. The molecule has 4 aromatic rings. The Balaban J connectivity index is 1.25. The maximum atomic E-state index is 13.0. The van der Waals surface area contributed by atoms with Gasteiger partial charge in [0.15, 0.2) is 5.65 Å². The molecule has 4 heterocycles. The molecular formula is C23H26N6O2. The van der Waals surface area contributed by atoms with Crippen LogP contribution in [0.15, 0.2) is 59.9 Å². The Hall–Kier alpha value is -3.39. The number of fused-ring (bicyclic) bond motifs is 3. The highest BCUT2D eigenvalue weighted by molar-refractivity contribution is 5.74. The molecule has 0 N–H and O–H groups in total. The summed E-state index contributed by atoms with van der Waals surface area (Å²) >= 11 is 0. The van der Waals surface area contributed by atoms with Crippen molar-refractivity contribution in [3.8, 4) is 5.75 Å². The number of ether oxygens (including phenoxy) is 1. The largest absolute Gasteiger partial charge is 0.495 e. The molecule has 0 unspecified atom stereocenters.